The quantitative estimate of drug-likeness (QED) is 0.837. The highest BCUT2D eigenvalue weighted by molar-refractivity contribution is 5.78. The molecule has 104 valence electrons. The van der Waals surface area contributed by atoms with Crippen LogP contribution in [0.25, 0.3) is 11.1 Å². The average molecular weight is 261 g/mol. The van der Waals surface area contributed by atoms with Crippen LogP contribution in [-0.4, -0.2) is 18.1 Å². The summed E-state index contributed by atoms with van der Waals surface area (Å²) >= 11 is 0. The summed E-state index contributed by atoms with van der Waals surface area (Å²) in [6.07, 6.45) is 0. The molecule has 0 radical (unpaired) electrons. The van der Waals surface area contributed by atoms with Crippen molar-refractivity contribution in [1.82, 2.24) is 4.98 Å². The van der Waals surface area contributed by atoms with Gasteiger partial charge in [0.1, 0.15) is 5.52 Å². The summed E-state index contributed by atoms with van der Waals surface area (Å²) in [5.41, 5.74) is 8.09. The van der Waals surface area contributed by atoms with Crippen molar-refractivity contribution >= 4 is 22.8 Å². The Kier molecular flexibility index (Phi) is 3.98. The van der Waals surface area contributed by atoms with Gasteiger partial charge in [0, 0.05) is 24.8 Å². The molecule has 2 rings (SSSR count). The monoisotopic (exact) mass is 261 g/mol. The number of nitrogen functional groups attached to an aromatic ring is 1. The van der Waals surface area contributed by atoms with Crippen LogP contribution in [0.5, 0.6) is 0 Å². The van der Waals surface area contributed by atoms with Crippen LogP contribution in [0.4, 0.5) is 11.7 Å². The first-order valence-electron chi connectivity index (χ1n) is 6.86. The molecular weight excluding hydrogens is 238 g/mol. The number of benzene rings is 1. The van der Waals surface area contributed by atoms with E-state index in [0.29, 0.717) is 23.5 Å². The molecule has 0 fully saturated rings. The van der Waals surface area contributed by atoms with E-state index in [-0.39, 0.29) is 0 Å². The molecule has 0 amide bonds. The molecule has 0 atom stereocenters. The lowest BCUT2D eigenvalue weighted by molar-refractivity contribution is 0.495. The van der Waals surface area contributed by atoms with Gasteiger partial charge in [-0.25, -0.2) is 0 Å². The van der Waals surface area contributed by atoms with Crippen molar-refractivity contribution in [2.24, 2.45) is 11.8 Å². The summed E-state index contributed by atoms with van der Waals surface area (Å²) in [6, 6.07) is 6.28. The number of aromatic nitrogens is 1. The Morgan fingerprint density at radius 2 is 1.79 bits per heavy atom. The first-order chi connectivity index (χ1) is 8.95. The van der Waals surface area contributed by atoms with Crippen molar-refractivity contribution in [3.63, 3.8) is 0 Å². The van der Waals surface area contributed by atoms with E-state index in [9.17, 15) is 0 Å². The van der Waals surface area contributed by atoms with Crippen molar-refractivity contribution in [2.45, 2.75) is 27.7 Å². The summed E-state index contributed by atoms with van der Waals surface area (Å²) in [4.78, 5) is 6.78. The SMILES string of the molecule is CC(C)CN(CC(C)C)c1nc2ccc(N)cc2o1. The molecule has 0 aliphatic rings. The molecule has 0 bridgehead atoms. The minimum Gasteiger partial charge on any atom is -0.423 e. The maximum atomic E-state index is 5.85. The molecule has 0 aliphatic carbocycles. The minimum absolute atomic E-state index is 0.568. The Bertz CT molecular complexity index is 535. The highest BCUT2D eigenvalue weighted by Gasteiger charge is 2.16. The Balaban J connectivity index is 2.32. The van der Waals surface area contributed by atoms with Gasteiger partial charge < -0.3 is 15.1 Å². The molecule has 1 heterocycles. The van der Waals surface area contributed by atoms with Gasteiger partial charge in [-0.15, -0.1) is 0 Å². The number of hydrogen-bond donors (Lipinski definition) is 1. The lowest BCUT2D eigenvalue weighted by atomic mass is 10.1. The fraction of sp³-hybridized carbons (Fsp3) is 0.533. The van der Waals surface area contributed by atoms with Crippen LogP contribution in [-0.2, 0) is 0 Å². The summed E-state index contributed by atoms with van der Waals surface area (Å²) < 4.78 is 5.85. The van der Waals surface area contributed by atoms with Crippen LogP contribution >= 0.6 is 0 Å². The third kappa shape index (κ3) is 3.40. The highest BCUT2D eigenvalue weighted by atomic mass is 16.4. The van der Waals surface area contributed by atoms with Crippen molar-refractivity contribution in [1.29, 1.82) is 0 Å². The van der Waals surface area contributed by atoms with Gasteiger partial charge in [0.05, 0.1) is 0 Å². The molecule has 0 saturated carbocycles. The van der Waals surface area contributed by atoms with Crippen molar-refractivity contribution < 1.29 is 4.42 Å². The predicted octanol–water partition coefficient (Wildman–Crippen LogP) is 3.53. The largest absolute Gasteiger partial charge is 0.423 e. The van der Waals surface area contributed by atoms with Gasteiger partial charge in [-0.3, -0.25) is 0 Å². The molecule has 4 nitrogen and oxygen atoms in total. The lowest BCUT2D eigenvalue weighted by Gasteiger charge is -2.24. The van der Waals surface area contributed by atoms with Gasteiger partial charge in [0.2, 0.25) is 0 Å². The Hall–Kier alpha value is -1.71. The zero-order chi connectivity index (χ0) is 14.0. The molecule has 4 heteroatoms. The van der Waals surface area contributed by atoms with E-state index in [1.54, 1.807) is 0 Å². The number of oxazole rings is 1. The van der Waals surface area contributed by atoms with Crippen LogP contribution in [0.1, 0.15) is 27.7 Å². The lowest BCUT2D eigenvalue weighted by Crippen LogP contribution is -2.31. The highest BCUT2D eigenvalue weighted by Crippen LogP contribution is 2.24. The van der Waals surface area contributed by atoms with Crippen LogP contribution in [0.15, 0.2) is 22.6 Å². The van der Waals surface area contributed by atoms with E-state index in [2.05, 4.69) is 37.6 Å². The van der Waals surface area contributed by atoms with Gasteiger partial charge in [0.25, 0.3) is 6.01 Å². The fourth-order valence-corrected chi connectivity index (χ4v) is 2.18. The zero-order valence-electron chi connectivity index (χ0n) is 12.2. The Labute approximate surface area is 114 Å². The van der Waals surface area contributed by atoms with Crippen LogP contribution in [0.2, 0.25) is 0 Å². The van der Waals surface area contributed by atoms with Gasteiger partial charge in [-0.1, -0.05) is 27.7 Å². The van der Waals surface area contributed by atoms with Crippen molar-refractivity contribution in [3.05, 3.63) is 18.2 Å². The second-order valence-corrected chi connectivity index (χ2v) is 5.92. The first kappa shape index (κ1) is 13.7. The van der Waals surface area contributed by atoms with Crippen molar-refractivity contribution in [3.8, 4) is 0 Å². The third-order valence-corrected chi connectivity index (χ3v) is 2.84. The van der Waals surface area contributed by atoms with E-state index in [1.165, 1.54) is 0 Å². The smallest absolute Gasteiger partial charge is 0.298 e. The second-order valence-electron chi connectivity index (χ2n) is 5.92. The molecule has 19 heavy (non-hydrogen) atoms. The summed E-state index contributed by atoms with van der Waals surface area (Å²) in [6.45, 7) is 10.7. The van der Waals surface area contributed by atoms with E-state index in [4.69, 9.17) is 10.2 Å². The van der Waals surface area contributed by atoms with Crippen LogP contribution < -0.4 is 10.6 Å². The summed E-state index contributed by atoms with van der Waals surface area (Å²) in [7, 11) is 0. The maximum Gasteiger partial charge on any atom is 0.298 e. The van der Waals surface area contributed by atoms with Gasteiger partial charge in [-0.05, 0) is 24.0 Å². The number of hydrogen-bond acceptors (Lipinski definition) is 4. The molecule has 0 unspecified atom stereocenters. The number of nitrogens with zero attached hydrogens (tertiary/aromatic N) is 2. The van der Waals surface area contributed by atoms with Crippen LogP contribution in [0, 0.1) is 11.8 Å². The molecule has 0 spiro atoms. The predicted molar refractivity (Wildman–Crippen MR) is 80.3 cm³/mol. The van der Waals surface area contributed by atoms with E-state index < -0.39 is 0 Å². The molecule has 0 aliphatic heterocycles. The Morgan fingerprint density at radius 1 is 1.16 bits per heavy atom. The maximum absolute atomic E-state index is 5.85. The molecule has 0 saturated heterocycles. The standard InChI is InChI=1S/C15H23N3O/c1-10(2)8-18(9-11(3)4)15-17-13-6-5-12(16)7-14(13)19-15/h5-7,10-11H,8-9,16H2,1-4H3. The topological polar surface area (TPSA) is 55.3 Å². The van der Waals surface area contributed by atoms with Gasteiger partial charge in [-0.2, -0.15) is 4.98 Å². The first-order valence-corrected chi connectivity index (χ1v) is 6.86. The minimum atomic E-state index is 0.568. The Morgan fingerprint density at radius 3 is 2.37 bits per heavy atom. The van der Waals surface area contributed by atoms with E-state index in [0.717, 1.165) is 24.2 Å². The summed E-state index contributed by atoms with van der Waals surface area (Å²) in [5, 5.41) is 0. The zero-order valence-corrected chi connectivity index (χ0v) is 12.2. The average Bonchev–Trinajstić information content (AvgIpc) is 2.69. The molecule has 1 aromatic heterocycles. The second kappa shape index (κ2) is 5.51. The van der Waals surface area contributed by atoms with Gasteiger partial charge in [0.15, 0.2) is 5.58 Å². The third-order valence-electron chi connectivity index (χ3n) is 2.84. The van der Waals surface area contributed by atoms with Crippen LogP contribution in [0.3, 0.4) is 0 Å². The van der Waals surface area contributed by atoms with E-state index in [1.807, 2.05) is 18.2 Å². The molecule has 1 aromatic carbocycles. The summed E-state index contributed by atoms with van der Waals surface area (Å²) in [5.74, 6) is 1.14. The number of nitrogens with two attached hydrogens (primary N) is 1. The fourth-order valence-electron chi connectivity index (χ4n) is 2.18. The number of fused-ring (bicyclic) bond motifs is 1. The number of anilines is 2. The number of rotatable bonds is 5. The molecular formula is C15H23N3O. The van der Waals surface area contributed by atoms with E-state index >= 15 is 0 Å². The van der Waals surface area contributed by atoms with Gasteiger partial charge >= 0.3 is 0 Å². The molecule has 2 N–H and O–H groups in total. The normalized spacial score (nSPS) is 11.7. The van der Waals surface area contributed by atoms with Crippen molar-refractivity contribution in [2.75, 3.05) is 23.7 Å². The molecule has 2 aromatic rings.